The van der Waals surface area contributed by atoms with Crippen molar-refractivity contribution in [2.24, 2.45) is 0 Å². The second-order valence-corrected chi connectivity index (χ2v) is 10.8. The van der Waals surface area contributed by atoms with Gasteiger partial charge >= 0.3 is 13.3 Å². The molecule has 0 saturated carbocycles. The van der Waals surface area contributed by atoms with Gasteiger partial charge in [0, 0.05) is 20.7 Å². The molecule has 0 amide bonds. The lowest BCUT2D eigenvalue weighted by atomic mass is 10.1. The number of hydrogen-bond acceptors (Lipinski definition) is 4. The standard InChI is InChI=1S/C24H24BrF2O3PS/c1-3-29-31(28,30-4-2)24(26,27)22-15-10-18(16-23(22)25)17-32-21-13-11-20(12-14-21)19-8-6-5-7-9-19/h5-16H,3-4,17H2,1-2H3. The minimum atomic E-state index is -4.65. The average Bonchev–Trinajstić information content (AvgIpc) is 2.79. The van der Waals surface area contributed by atoms with E-state index in [9.17, 15) is 4.57 Å². The number of halogens is 3. The number of hydrogen-bond donors (Lipinski definition) is 0. The monoisotopic (exact) mass is 540 g/mol. The van der Waals surface area contributed by atoms with Crippen LogP contribution in [0.4, 0.5) is 8.78 Å². The van der Waals surface area contributed by atoms with Crippen LogP contribution in [-0.4, -0.2) is 13.2 Å². The zero-order valence-electron chi connectivity index (χ0n) is 17.8. The fraction of sp³-hybridized carbons (Fsp3) is 0.250. The molecule has 0 radical (unpaired) electrons. The molecule has 0 N–H and O–H groups in total. The van der Waals surface area contributed by atoms with Gasteiger partial charge in [-0.25, -0.2) is 0 Å². The highest BCUT2D eigenvalue weighted by Gasteiger charge is 2.55. The maximum atomic E-state index is 15.1. The van der Waals surface area contributed by atoms with Crippen molar-refractivity contribution in [2.75, 3.05) is 13.2 Å². The molecule has 3 aromatic carbocycles. The van der Waals surface area contributed by atoms with Gasteiger partial charge in [-0.2, -0.15) is 8.78 Å². The lowest BCUT2D eigenvalue weighted by molar-refractivity contribution is 0.0354. The third-order valence-corrected chi connectivity index (χ3v) is 8.53. The molecule has 0 heterocycles. The Balaban J connectivity index is 1.72. The molecule has 170 valence electrons. The van der Waals surface area contributed by atoms with Gasteiger partial charge in [-0.05, 0) is 48.7 Å². The molecule has 0 aliphatic carbocycles. The summed E-state index contributed by atoms with van der Waals surface area (Å²) in [5.41, 5.74) is -1.03. The molecule has 0 aromatic heterocycles. The average molecular weight is 541 g/mol. The molecule has 32 heavy (non-hydrogen) atoms. The summed E-state index contributed by atoms with van der Waals surface area (Å²) in [6.07, 6.45) is 0. The summed E-state index contributed by atoms with van der Waals surface area (Å²) >= 11 is 4.83. The van der Waals surface area contributed by atoms with Gasteiger partial charge in [0.2, 0.25) is 0 Å². The van der Waals surface area contributed by atoms with E-state index in [2.05, 4.69) is 40.2 Å². The smallest absolute Gasteiger partial charge is 0.304 e. The van der Waals surface area contributed by atoms with E-state index in [1.54, 1.807) is 23.9 Å². The molecule has 0 saturated heterocycles. The first kappa shape index (κ1) is 25.1. The van der Waals surface area contributed by atoms with Crippen LogP contribution in [0.3, 0.4) is 0 Å². The van der Waals surface area contributed by atoms with Crippen LogP contribution in [-0.2, 0) is 25.0 Å². The predicted molar refractivity (Wildman–Crippen MR) is 130 cm³/mol. The van der Waals surface area contributed by atoms with Gasteiger partial charge in [0.25, 0.3) is 0 Å². The topological polar surface area (TPSA) is 35.5 Å². The molecule has 0 spiro atoms. The number of rotatable bonds is 10. The van der Waals surface area contributed by atoms with E-state index >= 15 is 8.78 Å². The van der Waals surface area contributed by atoms with Crippen LogP contribution in [0.2, 0.25) is 0 Å². The first-order valence-electron chi connectivity index (χ1n) is 10.1. The van der Waals surface area contributed by atoms with Crippen LogP contribution in [0.25, 0.3) is 11.1 Å². The van der Waals surface area contributed by atoms with E-state index in [4.69, 9.17) is 9.05 Å². The molecule has 0 aliphatic heterocycles. The summed E-state index contributed by atoms with van der Waals surface area (Å²) in [6, 6.07) is 22.9. The third kappa shape index (κ3) is 5.70. The van der Waals surface area contributed by atoms with Gasteiger partial charge < -0.3 is 9.05 Å². The summed E-state index contributed by atoms with van der Waals surface area (Å²) in [5, 5.41) is 0. The zero-order valence-corrected chi connectivity index (χ0v) is 21.1. The molecule has 3 rings (SSSR count). The maximum Gasteiger partial charge on any atom is 0.404 e. The molecule has 0 aliphatic rings. The Morgan fingerprint density at radius 3 is 2.06 bits per heavy atom. The quantitative estimate of drug-likeness (QED) is 0.190. The van der Waals surface area contributed by atoms with Gasteiger partial charge in [-0.3, -0.25) is 4.57 Å². The van der Waals surface area contributed by atoms with Crippen molar-refractivity contribution < 1.29 is 22.4 Å². The summed E-state index contributed by atoms with van der Waals surface area (Å²) < 4.78 is 52.7. The molecule has 0 fully saturated rings. The van der Waals surface area contributed by atoms with Crippen molar-refractivity contribution in [3.63, 3.8) is 0 Å². The number of alkyl halides is 2. The highest BCUT2D eigenvalue weighted by molar-refractivity contribution is 9.10. The highest BCUT2D eigenvalue weighted by atomic mass is 79.9. The first-order valence-corrected chi connectivity index (χ1v) is 13.5. The molecular formula is C24H24BrF2O3PS. The van der Waals surface area contributed by atoms with Crippen LogP contribution in [0.5, 0.6) is 0 Å². The van der Waals surface area contributed by atoms with E-state index in [0.29, 0.717) is 5.75 Å². The molecule has 3 nitrogen and oxygen atoms in total. The van der Waals surface area contributed by atoms with Crippen molar-refractivity contribution in [1.29, 1.82) is 0 Å². The lowest BCUT2D eigenvalue weighted by Crippen LogP contribution is -2.19. The Bertz CT molecular complexity index is 1070. The Morgan fingerprint density at radius 1 is 0.906 bits per heavy atom. The SMILES string of the molecule is CCOP(=O)(OCC)C(F)(F)c1ccc(CSc2ccc(-c3ccccc3)cc2)cc1Br. The van der Waals surface area contributed by atoms with Gasteiger partial charge in [0.05, 0.1) is 13.2 Å². The fourth-order valence-electron chi connectivity index (χ4n) is 3.12. The summed E-state index contributed by atoms with van der Waals surface area (Å²) in [5.74, 6) is 0.601. The van der Waals surface area contributed by atoms with E-state index in [0.717, 1.165) is 21.6 Å². The molecule has 3 aromatic rings. The minimum Gasteiger partial charge on any atom is -0.304 e. The van der Waals surface area contributed by atoms with Crippen molar-refractivity contribution >= 4 is 35.3 Å². The van der Waals surface area contributed by atoms with Crippen LogP contribution in [0.1, 0.15) is 25.0 Å². The third-order valence-electron chi connectivity index (χ3n) is 4.67. The summed E-state index contributed by atoms with van der Waals surface area (Å²) in [6.45, 7) is 2.73. The molecule has 0 bridgehead atoms. The van der Waals surface area contributed by atoms with E-state index < -0.39 is 18.8 Å². The van der Waals surface area contributed by atoms with Crippen LogP contribution in [0.15, 0.2) is 82.2 Å². The molecule has 8 heteroatoms. The second-order valence-electron chi connectivity index (χ2n) is 6.87. The van der Waals surface area contributed by atoms with Crippen molar-refractivity contribution in [2.45, 2.75) is 30.2 Å². The van der Waals surface area contributed by atoms with Gasteiger partial charge in [0.15, 0.2) is 0 Å². The maximum absolute atomic E-state index is 15.1. The van der Waals surface area contributed by atoms with E-state index in [1.165, 1.54) is 19.9 Å². The summed E-state index contributed by atoms with van der Waals surface area (Å²) in [4.78, 5) is 1.08. The zero-order chi connectivity index (χ0) is 23.2. The van der Waals surface area contributed by atoms with E-state index in [1.807, 2.05) is 30.3 Å². The Hall–Kier alpha value is -1.50. The Morgan fingerprint density at radius 2 is 1.50 bits per heavy atom. The normalized spacial score (nSPS) is 12.2. The molecule has 0 unspecified atom stereocenters. The predicted octanol–water partition coefficient (Wildman–Crippen LogP) is 8.72. The summed E-state index contributed by atoms with van der Waals surface area (Å²) in [7, 11) is -4.65. The van der Waals surface area contributed by atoms with Crippen LogP contribution < -0.4 is 0 Å². The van der Waals surface area contributed by atoms with Crippen LogP contribution >= 0.6 is 35.3 Å². The minimum absolute atomic E-state index is 0.137. The van der Waals surface area contributed by atoms with Gasteiger partial charge in [-0.1, -0.05) is 70.5 Å². The van der Waals surface area contributed by atoms with Gasteiger partial charge in [0.1, 0.15) is 0 Å². The largest absolute Gasteiger partial charge is 0.404 e. The Labute approximate surface area is 200 Å². The first-order chi connectivity index (χ1) is 15.3. The number of thioether (sulfide) groups is 1. The molecular weight excluding hydrogens is 517 g/mol. The fourth-order valence-corrected chi connectivity index (χ4v) is 6.36. The molecule has 0 atom stereocenters. The van der Waals surface area contributed by atoms with Gasteiger partial charge in [-0.15, -0.1) is 11.8 Å². The van der Waals surface area contributed by atoms with Crippen molar-refractivity contribution in [3.8, 4) is 11.1 Å². The highest BCUT2D eigenvalue weighted by Crippen LogP contribution is 2.67. The second kappa shape index (κ2) is 11.1. The Kier molecular flexibility index (Phi) is 8.70. The lowest BCUT2D eigenvalue weighted by Gasteiger charge is -2.26. The van der Waals surface area contributed by atoms with Crippen molar-refractivity contribution in [1.82, 2.24) is 0 Å². The van der Waals surface area contributed by atoms with Crippen LogP contribution in [0, 0.1) is 0 Å². The van der Waals surface area contributed by atoms with Crippen molar-refractivity contribution in [3.05, 3.63) is 88.4 Å². The van der Waals surface area contributed by atoms with E-state index in [-0.39, 0.29) is 17.7 Å². The number of benzene rings is 3.